The lowest BCUT2D eigenvalue weighted by Crippen LogP contribution is -2.41. The Morgan fingerprint density at radius 3 is 2.17 bits per heavy atom. The fourth-order valence-corrected chi connectivity index (χ4v) is 3.64. The molecule has 2 aromatic carbocycles. The number of rotatable bonds is 4. The summed E-state index contributed by atoms with van der Waals surface area (Å²) in [5.41, 5.74) is 5.04. The van der Waals surface area contributed by atoms with Crippen molar-refractivity contribution < 1.29 is 9.31 Å². The topological polar surface area (TPSA) is 36.3 Å². The van der Waals surface area contributed by atoms with Crippen LogP contribution in [0.1, 0.15) is 44.5 Å². The van der Waals surface area contributed by atoms with Gasteiger partial charge in [-0.05, 0) is 52.6 Å². The minimum absolute atomic E-state index is 0.358. The third-order valence-corrected chi connectivity index (χ3v) is 6.26. The van der Waals surface area contributed by atoms with Gasteiger partial charge >= 0.3 is 7.12 Å². The van der Waals surface area contributed by atoms with Crippen molar-refractivity contribution in [1.29, 1.82) is 0 Å². The Morgan fingerprint density at radius 2 is 1.52 bits per heavy atom. The highest BCUT2D eigenvalue weighted by Gasteiger charge is 2.52. The maximum atomic E-state index is 6.32. The van der Waals surface area contributed by atoms with Crippen LogP contribution in [0.15, 0.2) is 54.7 Å². The Morgan fingerprint density at radius 1 is 0.897 bits per heavy atom. The molecule has 3 aromatic rings. The molecule has 0 bridgehead atoms. The SMILES string of the molecule is Cc1ccc(-c2ncc(C)n2Cc2ccccc2B2OC(C)(C)C(C)(C)O2)cc1. The number of aryl methyl sites for hydroxylation is 2. The summed E-state index contributed by atoms with van der Waals surface area (Å²) in [6.07, 6.45) is 1.94. The summed E-state index contributed by atoms with van der Waals surface area (Å²) in [5.74, 6) is 0.978. The second-order valence-corrected chi connectivity index (χ2v) is 8.96. The summed E-state index contributed by atoms with van der Waals surface area (Å²) in [6.45, 7) is 13.3. The first-order chi connectivity index (χ1) is 13.7. The van der Waals surface area contributed by atoms with Crippen LogP contribution in [0.2, 0.25) is 0 Å². The van der Waals surface area contributed by atoms with E-state index < -0.39 is 0 Å². The first-order valence-electron chi connectivity index (χ1n) is 10.2. The molecule has 0 N–H and O–H groups in total. The Hall–Kier alpha value is -2.37. The molecule has 0 saturated carbocycles. The molecule has 1 saturated heterocycles. The van der Waals surface area contributed by atoms with Crippen LogP contribution in [0.5, 0.6) is 0 Å². The van der Waals surface area contributed by atoms with Crippen LogP contribution < -0.4 is 5.46 Å². The van der Waals surface area contributed by atoms with Crippen molar-refractivity contribution in [2.24, 2.45) is 0 Å². The third kappa shape index (κ3) is 3.65. The fourth-order valence-electron chi connectivity index (χ4n) is 3.64. The lowest BCUT2D eigenvalue weighted by atomic mass is 9.76. The monoisotopic (exact) mass is 388 g/mol. The van der Waals surface area contributed by atoms with Crippen LogP contribution in [0, 0.1) is 13.8 Å². The van der Waals surface area contributed by atoms with E-state index in [4.69, 9.17) is 9.31 Å². The van der Waals surface area contributed by atoms with Crippen molar-refractivity contribution in [3.63, 3.8) is 0 Å². The van der Waals surface area contributed by atoms with Gasteiger partial charge in [-0.2, -0.15) is 0 Å². The van der Waals surface area contributed by atoms with Gasteiger partial charge in [0.2, 0.25) is 0 Å². The molecule has 1 fully saturated rings. The zero-order valence-electron chi connectivity index (χ0n) is 18.2. The molecule has 1 aliphatic heterocycles. The predicted molar refractivity (Wildman–Crippen MR) is 118 cm³/mol. The number of hydrogen-bond donors (Lipinski definition) is 0. The molecule has 5 heteroatoms. The first-order valence-corrected chi connectivity index (χ1v) is 10.2. The quantitative estimate of drug-likeness (QED) is 0.617. The highest BCUT2D eigenvalue weighted by atomic mass is 16.7. The molecule has 4 rings (SSSR count). The van der Waals surface area contributed by atoms with Gasteiger partial charge in [-0.15, -0.1) is 0 Å². The van der Waals surface area contributed by atoms with E-state index in [2.05, 4.69) is 93.6 Å². The van der Waals surface area contributed by atoms with E-state index in [1.54, 1.807) is 0 Å². The van der Waals surface area contributed by atoms with Crippen molar-refractivity contribution in [2.45, 2.75) is 59.3 Å². The highest BCUT2D eigenvalue weighted by Crippen LogP contribution is 2.36. The zero-order valence-corrected chi connectivity index (χ0v) is 18.2. The van der Waals surface area contributed by atoms with Gasteiger partial charge in [0.1, 0.15) is 5.82 Å². The maximum Gasteiger partial charge on any atom is 0.495 e. The van der Waals surface area contributed by atoms with Crippen molar-refractivity contribution in [3.05, 3.63) is 71.5 Å². The largest absolute Gasteiger partial charge is 0.495 e. The molecule has 1 aliphatic rings. The number of benzene rings is 2. The molecule has 0 radical (unpaired) electrons. The van der Waals surface area contributed by atoms with Crippen LogP contribution in [-0.4, -0.2) is 27.9 Å². The van der Waals surface area contributed by atoms with E-state index in [0.29, 0.717) is 0 Å². The molecule has 0 amide bonds. The molecule has 29 heavy (non-hydrogen) atoms. The highest BCUT2D eigenvalue weighted by molar-refractivity contribution is 6.62. The van der Waals surface area contributed by atoms with Gasteiger partial charge in [0.05, 0.1) is 11.2 Å². The summed E-state index contributed by atoms with van der Waals surface area (Å²) in [6, 6.07) is 16.9. The van der Waals surface area contributed by atoms with E-state index in [1.165, 1.54) is 11.1 Å². The molecule has 150 valence electrons. The molecule has 0 spiro atoms. The van der Waals surface area contributed by atoms with Crippen LogP contribution in [0.3, 0.4) is 0 Å². The number of aromatic nitrogens is 2. The molecule has 0 atom stereocenters. The molecule has 4 nitrogen and oxygen atoms in total. The second kappa shape index (κ2) is 7.15. The number of imidazole rings is 1. The van der Waals surface area contributed by atoms with E-state index in [0.717, 1.165) is 29.1 Å². The Kier molecular flexibility index (Phi) is 4.92. The van der Waals surface area contributed by atoms with Gasteiger partial charge in [0.25, 0.3) is 0 Å². The molecule has 0 aliphatic carbocycles. The van der Waals surface area contributed by atoms with Gasteiger partial charge in [0, 0.05) is 24.0 Å². The van der Waals surface area contributed by atoms with Gasteiger partial charge in [0.15, 0.2) is 0 Å². The molecular formula is C24H29BN2O2. The van der Waals surface area contributed by atoms with Gasteiger partial charge < -0.3 is 13.9 Å². The molecular weight excluding hydrogens is 359 g/mol. The van der Waals surface area contributed by atoms with Crippen molar-refractivity contribution in [2.75, 3.05) is 0 Å². The lowest BCUT2D eigenvalue weighted by Gasteiger charge is -2.32. The zero-order chi connectivity index (χ0) is 20.8. The molecule has 0 unspecified atom stereocenters. The Bertz CT molecular complexity index is 1010. The fraction of sp³-hybridized carbons (Fsp3) is 0.375. The van der Waals surface area contributed by atoms with Crippen LogP contribution >= 0.6 is 0 Å². The molecule has 2 heterocycles. The summed E-state index contributed by atoms with van der Waals surface area (Å²) in [5, 5.41) is 0. The van der Waals surface area contributed by atoms with Crippen molar-refractivity contribution >= 4 is 12.6 Å². The smallest absolute Gasteiger partial charge is 0.399 e. The summed E-state index contributed by atoms with van der Waals surface area (Å²) >= 11 is 0. The van der Waals surface area contributed by atoms with Crippen LogP contribution in [0.4, 0.5) is 0 Å². The maximum absolute atomic E-state index is 6.32. The van der Waals surface area contributed by atoms with Gasteiger partial charge in [-0.3, -0.25) is 0 Å². The van der Waals surface area contributed by atoms with E-state index in [9.17, 15) is 0 Å². The predicted octanol–water partition coefficient (Wildman–Crippen LogP) is 4.51. The Balaban J connectivity index is 1.69. The van der Waals surface area contributed by atoms with E-state index in [1.807, 2.05) is 12.3 Å². The second-order valence-electron chi connectivity index (χ2n) is 8.96. The first kappa shape index (κ1) is 19.9. The number of nitrogens with zero attached hydrogens (tertiary/aromatic N) is 2. The van der Waals surface area contributed by atoms with Gasteiger partial charge in [-0.1, -0.05) is 54.1 Å². The van der Waals surface area contributed by atoms with E-state index in [-0.39, 0.29) is 18.3 Å². The summed E-state index contributed by atoms with van der Waals surface area (Å²) in [7, 11) is -0.372. The average Bonchev–Trinajstić information content (AvgIpc) is 3.12. The minimum atomic E-state index is -0.372. The Labute approximate surface area is 174 Å². The van der Waals surface area contributed by atoms with Crippen molar-refractivity contribution in [1.82, 2.24) is 9.55 Å². The van der Waals surface area contributed by atoms with Crippen LogP contribution in [0.25, 0.3) is 11.4 Å². The lowest BCUT2D eigenvalue weighted by molar-refractivity contribution is 0.00578. The minimum Gasteiger partial charge on any atom is -0.399 e. The van der Waals surface area contributed by atoms with Crippen LogP contribution in [-0.2, 0) is 15.9 Å². The summed E-state index contributed by atoms with van der Waals surface area (Å²) in [4.78, 5) is 4.69. The normalized spacial score (nSPS) is 17.7. The standard InChI is InChI=1S/C24H29BN2O2/c1-17-11-13-19(14-12-17)22-26-15-18(2)27(22)16-20-9-7-8-10-21(20)25-28-23(3,4)24(5,6)29-25/h7-15H,16H2,1-6H3. The third-order valence-electron chi connectivity index (χ3n) is 6.26. The van der Waals surface area contributed by atoms with Gasteiger partial charge in [-0.25, -0.2) is 4.98 Å². The van der Waals surface area contributed by atoms with Crippen molar-refractivity contribution in [3.8, 4) is 11.4 Å². The van der Waals surface area contributed by atoms with E-state index >= 15 is 0 Å². The average molecular weight is 388 g/mol. The number of hydrogen-bond acceptors (Lipinski definition) is 3. The summed E-state index contributed by atoms with van der Waals surface area (Å²) < 4.78 is 14.9. The molecule has 1 aromatic heterocycles.